The van der Waals surface area contributed by atoms with E-state index in [1.165, 1.54) is 0 Å². The molecule has 0 aliphatic carbocycles. The van der Waals surface area contributed by atoms with Crippen molar-refractivity contribution in [2.24, 2.45) is 0 Å². The largest absolute Gasteiger partial charge is 0.492 e. The van der Waals surface area contributed by atoms with Crippen LogP contribution in [-0.2, 0) is 0 Å². The number of para-hydroxylation sites is 1. The highest BCUT2D eigenvalue weighted by Crippen LogP contribution is 2.37. The van der Waals surface area contributed by atoms with Crippen molar-refractivity contribution < 1.29 is 14.4 Å². The van der Waals surface area contributed by atoms with Gasteiger partial charge in [-0.15, -0.1) is 0 Å². The second-order valence-corrected chi connectivity index (χ2v) is 5.24. The minimum atomic E-state index is -0.342. The van der Waals surface area contributed by atoms with Gasteiger partial charge in [-0.2, -0.15) is 4.98 Å². The first-order valence-electron chi connectivity index (χ1n) is 6.78. The maximum atomic E-state index is 9.54. The third-order valence-corrected chi connectivity index (χ3v) is 3.87. The third kappa shape index (κ3) is 1.88. The molecule has 2 aliphatic rings. The summed E-state index contributed by atoms with van der Waals surface area (Å²) in [7, 11) is 0. The Kier molecular flexibility index (Phi) is 2.71. The lowest BCUT2D eigenvalue weighted by Crippen LogP contribution is -2.15. The molecule has 1 aromatic heterocycles. The van der Waals surface area contributed by atoms with Crippen LogP contribution in [0.3, 0.4) is 0 Å². The van der Waals surface area contributed by atoms with E-state index in [1.54, 1.807) is 0 Å². The average molecular weight is 273 g/mol. The highest BCUT2D eigenvalue weighted by molar-refractivity contribution is 5.42. The molecule has 3 atom stereocenters. The molecule has 0 bridgehead atoms. The highest BCUT2D eigenvalue weighted by Gasteiger charge is 2.32. The van der Waals surface area contributed by atoms with Crippen LogP contribution in [0.1, 0.15) is 35.7 Å². The van der Waals surface area contributed by atoms with Crippen molar-refractivity contribution in [3.63, 3.8) is 0 Å². The fourth-order valence-electron chi connectivity index (χ4n) is 2.81. The first-order chi connectivity index (χ1) is 9.81. The summed E-state index contributed by atoms with van der Waals surface area (Å²) >= 11 is 0. The lowest BCUT2D eigenvalue weighted by atomic mass is 10.0. The molecule has 2 aromatic rings. The summed E-state index contributed by atoms with van der Waals surface area (Å²) in [5.41, 5.74) is 1.10. The smallest absolute Gasteiger partial charge is 0.243 e. The second kappa shape index (κ2) is 4.57. The molecule has 1 saturated heterocycles. The topological polar surface area (TPSA) is 80.4 Å². The third-order valence-electron chi connectivity index (χ3n) is 3.87. The molecule has 3 unspecified atom stereocenters. The molecule has 2 aliphatic heterocycles. The zero-order chi connectivity index (χ0) is 13.5. The number of aliphatic hydroxyl groups is 1. The van der Waals surface area contributed by atoms with Crippen molar-refractivity contribution in [1.29, 1.82) is 0 Å². The SMILES string of the molecule is OC1CNC(c2nc(C3COc4ccccc43)no2)C1. The van der Waals surface area contributed by atoms with Crippen LogP contribution in [0.5, 0.6) is 5.75 Å². The number of benzene rings is 1. The molecule has 0 saturated carbocycles. The Balaban J connectivity index is 1.60. The van der Waals surface area contributed by atoms with Crippen molar-refractivity contribution in [2.75, 3.05) is 13.2 Å². The van der Waals surface area contributed by atoms with E-state index in [9.17, 15) is 5.11 Å². The minimum Gasteiger partial charge on any atom is -0.492 e. The first kappa shape index (κ1) is 11.9. The molecule has 0 amide bonds. The normalized spacial score (nSPS) is 28.4. The van der Waals surface area contributed by atoms with Gasteiger partial charge >= 0.3 is 0 Å². The number of hydrogen-bond acceptors (Lipinski definition) is 6. The summed E-state index contributed by atoms with van der Waals surface area (Å²) in [5.74, 6) is 2.10. The molecule has 104 valence electrons. The predicted octanol–water partition coefficient (Wildman–Crippen LogP) is 0.989. The van der Waals surface area contributed by atoms with Crippen molar-refractivity contribution in [3.05, 3.63) is 41.5 Å². The number of β-amino-alcohol motifs (C(OH)–C–C–N with tert-alkyl or cyclic N) is 1. The number of fused-ring (bicyclic) bond motifs is 1. The Morgan fingerprint density at radius 1 is 1.30 bits per heavy atom. The average Bonchev–Trinajstić information content (AvgIpc) is 3.15. The Labute approximate surface area is 115 Å². The van der Waals surface area contributed by atoms with Gasteiger partial charge in [0.05, 0.1) is 18.1 Å². The summed E-state index contributed by atoms with van der Waals surface area (Å²) in [6.45, 7) is 1.11. The summed E-state index contributed by atoms with van der Waals surface area (Å²) < 4.78 is 11.0. The quantitative estimate of drug-likeness (QED) is 0.849. The Morgan fingerprint density at radius 2 is 2.20 bits per heavy atom. The summed E-state index contributed by atoms with van der Waals surface area (Å²) in [6.07, 6.45) is 0.269. The van der Waals surface area contributed by atoms with Crippen LogP contribution in [0.25, 0.3) is 0 Å². The fraction of sp³-hybridized carbons (Fsp3) is 0.429. The molecule has 3 heterocycles. The van der Waals surface area contributed by atoms with E-state index in [-0.39, 0.29) is 18.1 Å². The van der Waals surface area contributed by atoms with Gasteiger partial charge in [-0.1, -0.05) is 23.4 Å². The monoisotopic (exact) mass is 273 g/mol. The fourth-order valence-corrected chi connectivity index (χ4v) is 2.81. The predicted molar refractivity (Wildman–Crippen MR) is 69.4 cm³/mol. The van der Waals surface area contributed by atoms with Gasteiger partial charge in [0.1, 0.15) is 12.4 Å². The van der Waals surface area contributed by atoms with Gasteiger partial charge in [-0.05, 0) is 12.5 Å². The maximum absolute atomic E-state index is 9.54. The van der Waals surface area contributed by atoms with Crippen LogP contribution in [0.15, 0.2) is 28.8 Å². The Hall–Kier alpha value is -1.92. The number of hydrogen-bond donors (Lipinski definition) is 2. The molecule has 0 spiro atoms. The lowest BCUT2D eigenvalue weighted by molar-refractivity contribution is 0.191. The zero-order valence-corrected chi connectivity index (χ0v) is 10.8. The number of nitrogens with one attached hydrogen (secondary N) is 1. The van der Waals surface area contributed by atoms with Gasteiger partial charge in [0.25, 0.3) is 0 Å². The second-order valence-electron chi connectivity index (χ2n) is 5.24. The van der Waals surface area contributed by atoms with E-state index in [1.807, 2.05) is 24.3 Å². The standard InChI is InChI=1S/C14H15N3O3/c18-8-5-11(15-6-8)14-16-13(17-20-14)10-7-19-12-4-2-1-3-9(10)12/h1-4,8,10-11,15,18H,5-7H2. The van der Waals surface area contributed by atoms with Gasteiger partial charge in [0.15, 0.2) is 5.82 Å². The van der Waals surface area contributed by atoms with Gasteiger partial charge in [0.2, 0.25) is 5.89 Å². The Morgan fingerprint density at radius 3 is 3.05 bits per heavy atom. The first-order valence-corrected chi connectivity index (χ1v) is 6.78. The number of aromatic nitrogens is 2. The molecular formula is C14H15N3O3. The van der Waals surface area contributed by atoms with Crippen LogP contribution in [-0.4, -0.2) is 34.5 Å². The van der Waals surface area contributed by atoms with Crippen molar-refractivity contribution >= 4 is 0 Å². The van der Waals surface area contributed by atoms with E-state index in [0.717, 1.165) is 11.3 Å². The van der Waals surface area contributed by atoms with Crippen LogP contribution in [0.4, 0.5) is 0 Å². The Bertz CT molecular complexity index is 628. The highest BCUT2D eigenvalue weighted by atomic mass is 16.5. The van der Waals surface area contributed by atoms with E-state index < -0.39 is 0 Å². The summed E-state index contributed by atoms with van der Waals surface area (Å²) in [4.78, 5) is 4.48. The molecular weight excluding hydrogens is 258 g/mol. The van der Waals surface area contributed by atoms with Gasteiger partial charge < -0.3 is 19.7 Å². The van der Waals surface area contributed by atoms with Gasteiger partial charge in [-0.3, -0.25) is 0 Å². The van der Waals surface area contributed by atoms with Crippen LogP contribution in [0, 0.1) is 0 Å². The number of nitrogens with zero attached hydrogens (tertiary/aromatic N) is 2. The molecule has 6 heteroatoms. The maximum Gasteiger partial charge on any atom is 0.243 e. The van der Waals surface area contributed by atoms with Crippen LogP contribution < -0.4 is 10.1 Å². The zero-order valence-electron chi connectivity index (χ0n) is 10.8. The summed E-state index contributed by atoms with van der Waals surface area (Å²) in [6, 6.07) is 7.86. The lowest BCUT2D eigenvalue weighted by Gasteiger charge is -2.03. The van der Waals surface area contributed by atoms with Crippen molar-refractivity contribution in [2.45, 2.75) is 24.5 Å². The summed E-state index contributed by atoms with van der Waals surface area (Å²) in [5, 5.41) is 16.8. The number of ether oxygens (including phenoxy) is 1. The molecule has 6 nitrogen and oxygen atoms in total. The van der Waals surface area contributed by atoms with E-state index in [0.29, 0.717) is 31.3 Å². The molecule has 0 radical (unpaired) electrons. The molecule has 20 heavy (non-hydrogen) atoms. The van der Waals surface area contributed by atoms with Crippen LogP contribution >= 0.6 is 0 Å². The minimum absolute atomic E-state index is 0.0232. The number of aliphatic hydroxyl groups excluding tert-OH is 1. The van der Waals surface area contributed by atoms with Crippen molar-refractivity contribution in [3.8, 4) is 5.75 Å². The van der Waals surface area contributed by atoms with E-state index in [4.69, 9.17) is 9.26 Å². The van der Waals surface area contributed by atoms with Gasteiger partial charge in [-0.25, -0.2) is 0 Å². The van der Waals surface area contributed by atoms with Crippen molar-refractivity contribution in [1.82, 2.24) is 15.5 Å². The molecule has 1 aromatic carbocycles. The van der Waals surface area contributed by atoms with E-state index >= 15 is 0 Å². The molecule has 4 rings (SSSR count). The van der Waals surface area contributed by atoms with Crippen LogP contribution in [0.2, 0.25) is 0 Å². The van der Waals surface area contributed by atoms with E-state index in [2.05, 4.69) is 15.5 Å². The van der Waals surface area contributed by atoms with Gasteiger partial charge in [0, 0.05) is 12.1 Å². The molecule has 1 fully saturated rings. The molecule has 2 N–H and O–H groups in total. The number of rotatable bonds is 2.